The van der Waals surface area contributed by atoms with E-state index in [2.05, 4.69) is 27.2 Å². The summed E-state index contributed by atoms with van der Waals surface area (Å²) in [6.45, 7) is 4.20. The topological polar surface area (TPSA) is 106 Å². The van der Waals surface area contributed by atoms with E-state index in [-0.39, 0.29) is 51.5 Å². The van der Waals surface area contributed by atoms with Gasteiger partial charge >= 0.3 is 0 Å². The summed E-state index contributed by atoms with van der Waals surface area (Å²) in [5, 5.41) is 3.54. The number of likely N-dealkylation sites (N-methyl/N-ethyl adjacent to an activating group) is 1. The van der Waals surface area contributed by atoms with E-state index >= 15 is 0 Å². The van der Waals surface area contributed by atoms with Gasteiger partial charge in [0.1, 0.15) is 16.5 Å². The molecule has 0 aliphatic carbocycles. The van der Waals surface area contributed by atoms with Gasteiger partial charge in [0, 0.05) is 38.7 Å². The first-order valence-corrected chi connectivity index (χ1v) is 14.9. The summed E-state index contributed by atoms with van der Waals surface area (Å²) >= 11 is 13.1. The lowest BCUT2D eigenvalue weighted by Crippen LogP contribution is -2.47. The Balaban J connectivity index is 1.39. The molecule has 1 aromatic heterocycles. The zero-order valence-corrected chi connectivity index (χ0v) is 26.3. The molecule has 3 aromatic rings. The number of rotatable bonds is 10. The van der Waals surface area contributed by atoms with Crippen molar-refractivity contribution in [3.63, 3.8) is 0 Å². The fraction of sp³-hybridized carbons (Fsp3) is 0.419. The molecule has 2 aliphatic rings. The van der Waals surface area contributed by atoms with Crippen LogP contribution in [0.1, 0.15) is 46.0 Å². The Morgan fingerprint density at radius 2 is 1.95 bits per heavy atom. The van der Waals surface area contributed by atoms with Crippen LogP contribution in [0.15, 0.2) is 36.5 Å². The molecule has 43 heavy (non-hydrogen) atoms. The molecule has 0 saturated carbocycles. The van der Waals surface area contributed by atoms with E-state index in [1.807, 2.05) is 19.1 Å². The number of aromatic nitrogens is 2. The maximum absolute atomic E-state index is 13.8. The van der Waals surface area contributed by atoms with Crippen LogP contribution in [0.3, 0.4) is 0 Å². The van der Waals surface area contributed by atoms with Gasteiger partial charge in [0.2, 0.25) is 11.8 Å². The zero-order chi connectivity index (χ0) is 30.8. The van der Waals surface area contributed by atoms with Gasteiger partial charge in [-0.15, -0.1) is 0 Å². The fourth-order valence-electron chi connectivity index (χ4n) is 5.95. The largest absolute Gasteiger partial charge is 0.495 e. The lowest BCUT2D eigenvalue weighted by Gasteiger charge is -2.39. The van der Waals surface area contributed by atoms with Crippen molar-refractivity contribution in [2.45, 2.75) is 32.4 Å². The number of hydrogen-bond donors (Lipinski definition) is 1. The van der Waals surface area contributed by atoms with Crippen LogP contribution in [0.5, 0.6) is 17.4 Å². The normalized spacial score (nSPS) is 19.2. The molecule has 0 spiro atoms. The Labute approximate surface area is 261 Å². The number of carbonyl (C=O) groups is 2. The van der Waals surface area contributed by atoms with Crippen LogP contribution < -0.4 is 14.8 Å². The third-order valence-electron chi connectivity index (χ3n) is 8.21. The van der Waals surface area contributed by atoms with Crippen LogP contribution in [0.25, 0.3) is 0 Å². The predicted octanol–water partition coefficient (Wildman–Crippen LogP) is 6.09. The van der Waals surface area contributed by atoms with Crippen molar-refractivity contribution in [2.75, 3.05) is 46.7 Å². The minimum absolute atomic E-state index is 0.0382. The highest BCUT2D eigenvalue weighted by atomic mass is 35.5. The van der Waals surface area contributed by atoms with E-state index in [9.17, 15) is 9.59 Å². The van der Waals surface area contributed by atoms with E-state index in [0.29, 0.717) is 41.3 Å². The summed E-state index contributed by atoms with van der Waals surface area (Å²) in [6, 6.07) is 8.67. The lowest BCUT2D eigenvalue weighted by atomic mass is 9.77. The van der Waals surface area contributed by atoms with Crippen molar-refractivity contribution in [3.8, 4) is 17.4 Å². The molecule has 1 N–H and O–H groups in total. The first kappa shape index (κ1) is 31.0. The number of halogens is 2. The van der Waals surface area contributed by atoms with Crippen molar-refractivity contribution in [1.82, 2.24) is 19.8 Å². The number of Topliss-reactive ketones (excluding diaryl/α,β-unsaturated/α-hetero) is 1. The Morgan fingerprint density at radius 3 is 2.67 bits per heavy atom. The molecule has 2 aromatic carbocycles. The second kappa shape index (κ2) is 13.1. The van der Waals surface area contributed by atoms with Gasteiger partial charge in [-0.05, 0) is 56.1 Å². The molecular weight excluding hydrogens is 593 g/mol. The number of nitrogens with one attached hydrogen (secondary N) is 1. The average Bonchev–Trinajstić information content (AvgIpc) is 3.29. The van der Waals surface area contributed by atoms with Crippen molar-refractivity contribution < 1.29 is 23.8 Å². The summed E-state index contributed by atoms with van der Waals surface area (Å²) in [5.41, 5.74) is 2.18. The van der Waals surface area contributed by atoms with E-state index in [4.69, 9.17) is 37.4 Å². The Hall–Kier alpha value is -3.44. The maximum atomic E-state index is 13.8. The highest BCUT2D eigenvalue weighted by Crippen LogP contribution is 2.39. The third kappa shape index (κ3) is 6.28. The smallest absolute Gasteiger partial charge is 0.258 e. The Kier molecular flexibility index (Phi) is 9.41. The van der Waals surface area contributed by atoms with Gasteiger partial charge in [0.15, 0.2) is 5.78 Å². The first-order chi connectivity index (χ1) is 20.6. The summed E-state index contributed by atoms with van der Waals surface area (Å²) < 4.78 is 17.4. The number of piperidine rings is 1. The highest BCUT2D eigenvalue weighted by molar-refractivity contribution is 6.34. The van der Waals surface area contributed by atoms with Crippen LogP contribution in [0, 0.1) is 11.8 Å². The minimum atomic E-state index is -0.245. The highest BCUT2D eigenvalue weighted by Gasteiger charge is 2.37. The number of ketones is 1. The molecule has 3 heterocycles. The number of hydrogen-bond acceptors (Lipinski definition) is 9. The summed E-state index contributed by atoms with van der Waals surface area (Å²) in [7, 11) is 7.01. The number of likely N-dealkylation sites (tertiary alicyclic amines) is 1. The van der Waals surface area contributed by atoms with Gasteiger partial charge in [-0.25, -0.2) is 4.98 Å². The number of nitrogens with zero attached hydrogens (tertiary/aromatic N) is 4. The zero-order valence-electron chi connectivity index (χ0n) is 24.8. The molecule has 1 unspecified atom stereocenters. The minimum Gasteiger partial charge on any atom is -0.495 e. The van der Waals surface area contributed by atoms with Gasteiger partial charge in [-0.2, -0.15) is 4.98 Å². The molecule has 1 fully saturated rings. The van der Waals surface area contributed by atoms with Crippen molar-refractivity contribution in [2.24, 2.45) is 11.8 Å². The Morgan fingerprint density at radius 1 is 1.16 bits per heavy atom. The molecule has 10 nitrogen and oxygen atoms in total. The van der Waals surface area contributed by atoms with Gasteiger partial charge in [0.05, 0.1) is 35.7 Å². The first-order valence-electron chi connectivity index (χ1n) is 14.1. The molecule has 3 atom stereocenters. The van der Waals surface area contributed by atoms with Gasteiger partial charge < -0.3 is 29.3 Å². The van der Waals surface area contributed by atoms with E-state index in [1.165, 1.54) is 13.3 Å². The summed E-state index contributed by atoms with van der Waals surface area (Å²) in [6.07, 6.45) is 2.89. The van der Waals surface area contributed by atoms with Crippen molar-refractivity contribution in [1.29, 1.82) is 0 Å². The molecule has 1 saturated heterocycles. The monoisotopic (exact) mass is 627 g/mol. The molecule has 2 aliphatic heterocycles. The van der Waals surface area contributed by atoms with Crippen LogP contribution >= 0.6 is 23.2 Å². The Bertz CT molecular complexity index is 1540. The lowest BCUT2D eigenvalue weighted by molar-refractivity contribution is -0.0223. The number of methoxy groups -OCH3 is 2. The molecule has 228 valence electrons. The van der Waals surface area contributed by atoms with Gasteiger partial charge in [-0.1, -0.05) is 42.3 Å². The van der Waals surface area contributed by atoms with Crippen LogP contribution in [-0.2, 0) is 11.3 Å². The molecule has 5 rings (SSSR count). The second-order valence-electron chi connectivity index (χ2n) is 10.9. The van der Waals surface area contributed by atoms with Crippen molar-refractivity contribution >= 4 is 46.5 Å². The quantitative estimate of drug-likeness (QED) is 0.267. The third-order valence-corrected chi connectivity index (χ3v) is 8.78. The molecule has 12 heteroatoms. The van der Waals surface area contributed by atoms with Crippen LogP contribution in [-0.4, -0.2) is 79.0 Å². The molecular formula is C31H35Cl2N5O5. The predicted molar refractivity (Wildman–Crippen MR) is 165 cm³/mol. The van der Waals surface area contributed by atoms with E-state index in [1.54, 1.807) is 37.3 Å². The number of ether oxygens (including phenoxy) is 3. The van der Waals surface area contributed by atoms with Gasteiger partial charge in [0.25, 0.3) is 5.91 Å². The number of amides is 1. The number of benzene rings is 2. The molecule has 0 radical (unpaired) electrons. The number of carbonyl (C=O) groups excluding carboxylic acids is 2. The summed E-state index contributed by atoms with van der Waals surface area (Å²) in [5.74, 6) is 0.640. The molecule has 0 bridgehead atoms. The van der Waals surface area contributed by atoms with E-state index in [0.717, 1.165) is 25.1 Å². The van der Waals surface area contributed by atoms with E-state index < -0.39 is 0 Å². The number of anilines is 2. The SMILES string of the molecule is CC[C@@H](C(=O)c1cc(OC)c(Nc2ncc(Cl)c(Oc3cccc4c3C(=O)N(C)C4)n2)cc1Cl)C1CCN(C)C[C@@H]1OC. The van der Waals surface area contributed by atoms with Crippen LogP contribution in [0.2, 0.25) is 10.0 Å². The molecule has 1 amide bonds. The fourth-order valence-corrected chi connectivity index (χ4v) is 6.34. The maximum Gasteiger partial charge on any atom is 0.258 e. The number of fused-ring (bicyclic) bond motifs is 1. The van der Waals surface area contributed by atoms with Crippen molar-refractivity contribution in [3.05, 3.63) is 63.3 Å². The standard InChI is InChI=1S/C31H35Cl2N5O5/c1-6-18(19-10-11-37(2)16-26(19)42-5)28(39)20-12-25(41-4)23(13-21(20)32)35-31-34-14-22(33)29(36-31)43-24-9-7-8-17-15-38(3)30(40)27(17)24/h7-9,12-14,18-19,26H,6,10-11,15-16H2,1-5H3,(H,34,35,36)/t18-,19?,26+/m1/s1. The summed E-state index contributed by atoms with van der Waals surface area (Å²) in [4.78, 5) is 39.1. The van der Waals surface area contributed by atoms with Gasteiger partial charge in [-0.3, -0.25) is 9.59 Å². The van der Waals surface area contributed by atoms with Crippen LogP contribution in [0.4, 0.5) is 11.6 Å². The second-order valence-corrected chi connectivity index (χ2v) is 11.7. The average molecular weight is 629 g/mol.